The van der Waals surface area contributed by atoms with Crippen molar-refractivity contribution in [2.45, 2.75) is 26.7 Å². The van der Waals surface area contributed by atoms with Crippen molar-refractivity contribution < 1.29 is 18.8 Å². The zero-order chi connectivity index (χ0) is 14.2. The van der Waals surface area contributed by atoms with Crippen molar-refractivity contribution in [3.8, 4) is 0 Å². The van der Waals surface area contributed by atoms with Crippen molar-refractivity contribution in [2.24, 2.45) is 11.3 Å². The second-order valence-electron chi connectivity index (χ2n) is 5.73. The van der Waals surface area contributed by atoms with E-state index in [1.165, 1.54) is 18.2 Å². The van der Waals surface area contributed by atoms with Gasteiger partial charge in [0.15, 0.2) is 17.3 Å². The van der Waals surface area contributed by atoms with E-state index in [4.69, 9.17) is 0 Å². The molecule has 0 aliphatic heterocycles. The fraction of sp³-hybridized carbons (Fsp3) is 0.400. The number of rotatable bonds is 2. The summed E-state index contributed by atoms with van der Waals surface area (Å²) in [6.45, 7) is 3.62. The van der Waals surface area contributed by atoms with Crippen LogP contribution in [0.25, 0.3) is 0 Å². The lowest BCUT2D eigenvalue weighted by atomic mass is 9.69. The normalized spacial score (nSPS) is 19.5. The lowest BCUT2D eigenvalue weighted by Gasteiger charge is -2.31. The Hall–Kier alpha value is -1.84. The molecular weight excluding hydrogens is 247 g/mol. The van der Waals surface area contributed by atoms with Crippen molar-refractivity contribution in [1.29, 1.82) is 0 Å². The Bertz CT molecular complexity index is 540. The van der Waals surface area contributed by atoms with Gasteiger partial charge in [0, 0.05) is 12.8 Å². The van der Waals surface area contributed by atoms with Gasteiger partial charge >= 0.3 is 0 Å². The third-order valence-corrected chi connectivity index (χ3v) is 3.35. The quantitative estimate of drug-likeness (QED) is 0.608. The number of Topliss-reactive ketones (excluding diaryl/α,β-unsaturated/α-hetero) is 3. The van der Waals surface area contributed by atoms with Gasteiger partial charge in [0.1, 0.15) is 11.7 Å². The number of ketones is 3. The van der Waals surface area contributed by atoms with Crippen LogP contribution < -0.4 is 0 Å². The summed E-state index contributed by atoms with van der Waals surface area (Å²) in [5.74, 6) is -3.56. The molecule has 2 rings (SSSR count). The van der Waals surface area contributed by atoms with Crippen LogP contribution in [0, 0.1) is 17.2 Å². The molecule has 4 heteroatoms. The fourth-order valence-corrected chi connectivity index (χ4v) is 2.50. The van der Waals surface area contributed by atoms with E-state index in [1.807, 2.05) is 13.8 Å². The van der Waals surface area contributed by atoms with Crippen LogP contribution in [-0.2, 0) is 9.59 Å². The lowest BCUT2D eigenvalue weighted by Crippen LogP contribution is -2.42. The third kappa shape index (κ3) is 2.62. The standard InChI is InChI=1S/C15H15FO3/c1-15(2)7-11(17)13(12(18)8-15)14(19)9-5-3-4-6-10(9)16/h3-6,13H,7-8H2,1-2H3. The van der Waals surface area contributed by atoms with Gasteiger partial charge in [0.05, 0.1) is 5.56 Å². The molecule has 0 spiro atoms. The minimum Gasteiger partial charge on any atom is -0.298 e. The number of hydrogen-bond donors (Lipinski definition) is 0. The fourth-order valence-electron chi connectivity index (χ4n) is 2.50. The van der Waals surface area contributed by atoms with E-state index in [-0.39, 0.29) is 18.4 Å². The minimum absolute atomic E-state index is 0.170. The van der Waals surface area contributed by atoms with Crippen LogP contribution in [0.2, 0.25) is 0 Å². The smallest absolute Gasteiger partial charge is 0.183 e. The monoisotopic (exact) mass is 262 g/mol. The summed E-state index contributed by atoms with van der Waals surface area (Å²) in [5, 5.41) is 0. The van der Waals surface area contributed by atoms with Gasteiger partial charge in [-0.15, -0.1) is 0 Å². The lowest BCUT2D eigenvalue weighted by molar-refractivity contribution is -0.137. The van der Waals surface area contributed by atoms with Crippen LogP contribution in [0.4, 0.5) is 4.39 Å². The van der Waals surface area contributed by atoms with E-state index in [0.717, 1.165) is 6.07 Å². The van der Waals surface area contributed by atoms with Gasteiger partial charge in [0.2, 0.25) is 0 Å². The first-order valence-electron chi connectivity index (χ1n) is 6.16. The molecule has 1 aliphatic carbocycles. The van der Waals surface area contributed by atoms with Crippen LogP contribution in [0.1, 0.15) is 37.0 Å². The topological polar surface area (TPSA) is 51.2 Å². The maximum atomic E-state index is 13.6. The number of hydrogen-bond acceptors (Lipinski definition) is 3. The predicted octanol–water partition coefficient (Wildman–Crippen LogP) is 2.58. The molecule has 19 heavy (non-hydrogen) atoms. The first-order valence-corrected chi connectivity index (χ1v) is 6.16. The zero-order valence-electron chi connectivity index (χ0n) is 10.9. The summed E-state index contributed by atoms with van der Waals surface area (Å²) in [7, 11) is 0. The van der Waals surface area contributed by atoms with Gasteiger partial charge in [-0.1, -0.05) is 26.0 Å². The third-order valence-electron chi connectivity index (χ3n) is 3.35. The maximum Gasteiger partial charge on any atom is 0.183 e. The molecule has 100 valence electrons. The highest BCUT2D eigenvalue weighted by atomic mass is 19.1. The van der Waals surface area contributed by atoms with E-state index in [2.05, 4.69) is 0 Å². The number of halogens is 1. The molecule has 1 saturated carbocycles. The molecule has 0 aromatic heterocycles. The van der Waals surface area contributed by atoms with Gasteiger partial charge in [0.25, 0.3) is 0 Å². The molecule has 0 radical (unpaired) electrons. The largest absolute Gasteiger partial charge is 0.298 e. The molecule has 0 saturated heterocycles. The summed E-state index contributed by atoms with van der Waals surface area (Å²) in [5.41, 5.74) is -0.603. The van der Waals surface area contributed by atoms with E-state index in [9.17, 15) is 18.8 Å². The molecule has 0 heterocycles. The van der Waals surface area contributed by atoms with Crippen LogP contribution in [0.15, 0.2) is 24.3 Å². The first kappa shape index (κ1) is 13.6. The average Bonchev–Trinajstić information content (AvgIpc) is 2.26. The molecule has 0 amide bonds. The Morgan fingerprint density at radius 2 is 1.68 bits per heavy atom. The molecule has 0 unspecified atom stereocenters. The van der Waals surface area contributed by atoms with E-state index in [1.54, 1.807) is 0 Å². The molecule has 1 aromatic rings. The molecule has 3 nitrogen and oxygen atoms in total. The van der Waals surface area contributed by atoms with E-state index < -0.39 is 34.5 Å². The van der Waals surface area contributed by atoms with Crippen LogP contribution in [0.5, 0.6) is 0 Å². The molecule has 0 N–H and O–H groups in total. The summed E-state index contributed by atoms with van der Waals surface area (Å²) in [6.07, 6.45) is 0.340. The number of carbonyl (C=O) groups is 3. The van der Waals surface area contributed by atoms with Crippen molar-refractivity contribution in [3.63, 3.8) is 0 Å². The molecule has 1 aromatic carbocycles. The Morgan fingerprint density at radius 1 is 1.16 bits per heavy atom. The Labute approximate surface area is 110 Å². The minimum atomic E-state index is -1.33. The Balaban J connectivity index is 2.33. The molecule has 1 fully saturated rings. The second-order valence-corrected chi connectivity index (χ2v) is 5.73. The van der Waals surface area contributed by atoms with Crippen molar-refractivity contribution in [3.05, 3.63) is 35.6 Å². The van der Waals surface area contributed by atoms with Crippen LogP contribution >= 0.6 is 0 Å². The second kappa shape index (κ2) is 4.68. The van der Waals surface area contributed by atoms with Crippen LogP contribution in [0.3, 0.4) is 0 Å². The predicted molar refractivity (Wildman–Crippen MR) is 67.2 cm³/mol. The summed E-state index contributed by atoms with van der Waals surface area (Å²) < 4.78 is 13.6. The SMILES string of the molecule is CC1(C)CC(=O)C(C(=O)c2ccccc2F)C(=O)C1. The first-order chi connectivity index (χ1) is 8.82. The Morgan fingerprint density at radius 3 is 2.21 bits per heavy atom. The highest BCUT2D eigenvalue weighted by Gasteiger charge is 2.43. The zero-order valence-corrected chi connectivity index (χ0v) is 10.9. The van der Waals surface area contributed by atoms with Gasteiger partial charge in [-0.25, -0.2) is 4.39 Å². The average molecular weight is 262 g/mol. The van der Waals surface area contributed by atoms with Gasteiger partial charge in [-0.3, -0.25) is 14.4 Å². The van der Waals surface area contributed by atoms with Gasteiger partial charge < -0.3 is 0 Å². The van der Waals surface area contributed by atoms with Gasteiger partial charge in [-0.05, 0) is 17.5 Å². The van der Waals surface area contributed by atoms with E-state index in [0.29, 0.717) is 0 Å². The molecule has 0 bridgehead atoms. The van der Waals surface area contributed by atoms with Crippen molar-refractivity contribution >= 4 is 17.3 Å². The van der Waals surface area contributed by atoms with Crippen molar-refractivity contribution in [2.75, 3.05) is 0 Å². The molecular formula is C15H15FO3. The van der Waals surface area contributed by atoms with Gasteiger partial charge in [-0.2, -0.15) is 0 Å². The Kier molecular flexibility index (Phi) is 3.35. The van der Waals surface area contributed by atoms with E-state index >= 15 is 0 Å². The summed E-state index contributed by atoms with van der Waals surface area (Å²) >= 11 is 0. The number of benzene rings is 1. The molecule has 1 aliphatic rings. The summed E-state index contributed by atoms with van der Waals surface area (Å²) in [6, 6.07) is 5.42. The molecule has 0 atom stereocenters. The highest BCUT2D eigenvalue weighted by Crippen LogP contribution is 2.35. The van der Waals surface area contributed by atoms with Crippen LogP contribution in [-0.4, -0.2) is 17.3 Å². The summed E-state index contributed by atoms with van der Waals surface area (Å²) in [4.78, 5) is 36.1. The van der Waals surface area contributed by atoms with Crippen molar-refractivity contribution in [1.82, 2.24) is 0 Å². The maximum absolute atomic E-state index is 13.6. The highest BCUT2D eigenvalue weighted by molar-refractivity contribution is 6.25. The number of carbonyl (C=O) groups excluding carboxylic acids is 3.